The molecule has 1 fully saturated rings. The molecule has 7 heterocycles. The number of carbonyl (C=O) groups is 4. The van der Waals surface area contributed by atoms with Crippen molar-refractivity contribution in [1.29, 1.82) is 14.3 Å². The minimum atomic E-state index is -4.58. The fraction of sp³-hybridized carbons (Fsp3) is 0.205. The van der Waals surface area contributed by atoms with Crippen LogP contribution in [-0.4, -0.2) is 129 Å². The molecule has 1 saturated heterocycles. The molecular formula is C88H89F4N23O8S3. The van der Waals surface area contributed by atoms with E-state index < -0.39 is 52.8 Å². The van der Waals surface area contributed by atoms with Gasteiger partial charge in [0.15, 0.2) is 0 Å². The molecule has 0 saturated carbocycles. The van der Waals surface area contributed by atoms with Crippen LogP contribution < -0.4 is 73.9 Å². The smallest absolute Gasteiger partial charge is 0.416 e. The van der Waals surface area contributed by atoms with E-state index in [0.29, 0.717) is 177 Å². The predicted molar refractivity (Wildman–Crippen MR) is 485 cm³/mol. The molecule has 16 rings (SSSR count). The molecule has 3 atom stereocenters. The van der Waals surface area contributed by atoms with E-state index in [1.165, 1.54) is 24.4 Å². The quantitative estimate of drug-likeness (QED) is 0.0535. The number of ether oxygens (including phenoxy) is 1. The van der Waals surface area contributed by atoms with Crippen molar-refractivity contribution >= 4 is 145 Å². The minimum Gasteiger partial charge on any atom is -0.497 e. The average molecular weight is 1770 g/mol. The standard InChI is InChI=1S/C32H35N9O3S.C28H25F4N7O2S.C28H29N7O3S/c33-45(44)17-7-4-14-34-29-28(22-10-12-24(13-11-22)38-31(42)37-23-8-2-1-3-9-23)21-35-30(40-29)36-25-18-26(20-27(45)19-25)39-32(43)41-15-5-6-16-41;29-23-13-17(9-10-24(23)38-27(40)37-19-6-3-5-18(14-19)28(30,31)32)22-16-35-26-36-20-7-4-8-21(15-20)42(33,41)12-2-1-11-34-25(22)39-26;1-38-23-13-11-21(12-14-23)34-28(36)33-20-9-7-19(8-10-20)25-18-31-27-32-22-5-4-6-24(17-22)39(29,37)16-3-2-15-30-26(25)35-27/h1-3,8-13,18-21,33H,4-7,14-17H2,(H,39,43)(H2,37,38,42)(H2,34,35,36,40);3-10,13-16,33H,1-2,11-12H2,(H2,37,38,40)(H2,34,35,36,39);4-14,17-18,29H,2-3,15-16H2,1H3,(H2,33,34,36)(H2,30,31,32,35). The predicted octanol–water partition coefficient (Wildman–Crippen LogP) is 20.2. The van der Waals surface area contributed by atoms with Crippen molar-refractivity contribution in [2.45, 2.75) is 72.2 Å². The van der Waals surface area contributed by atoms with Crippen molar-refractivity contribution in [3.8, 4) is 39.1 Å². The van der Waals surface area contributed by atoms with Gasteiger partial charge in [-0.1, -0.05) is 66.7 Å². The fourth-order valence-corrected chi connectivity index (χ4v) is 18.1. The summed E-state index contributed by atoms with van der Waals surface area (Å²) in [6.45, 7) is 3.03. The van der Waals surface area contributed by atoms with Crippen molar-refractivity contribution in [3.63, 3.8) is 0 Å². The van der Waals surface area contributed by atoms with Crippen molar-refractivity contribution in [2.24, 2.45) is 0 Å². The first kappa shape index (κ1) is 87.8. The van der Waals surface area contributed by atoms with Gasteiger partial charge in [0.1, 0.15) is 29.0 Å². The Morgan fingerprint density at radius 3 is 1.29 bits per heavy atom. The summed E-state index contributed by atoms with van der Waals surface area (Å²) in [5, 5.41) is 38.1. The van der Waals surface area contributed by atoms with Gasteiger partial charge in [0, 0.05) is 146 Å². The van der Waals surface area contributed by atoms with E-state index in [0.717, 1.165) is 59.7 Å². The zero-order chi connectivity index (χ0) is 88.4. The first-order valence-corrected chi connectivity index (χ1v) is 45.3. The van der Waals surface area contributed by atoms with Crippen LogP contribution in [0.2, 0.25) is 0 Å². The molecule has 3 aromatic heterocycles. The zero-order valence-corrected chi connectivity index (χ0v) is 70.3. The van der Waals surface area contributed by atoms with Gasteiger partial charge in [-0.05, 0) is 214 Å². The van der Waals surface area contributed by atoms with Gasteiger partial charge < -0.3 is 78.8 Å². The Morgan fingerprint density at radius 2 is 0.817 bits per heavy atom. The van der Waals surface area contributed by atoms with Gasteiger partial charge in [0.05, 0.1) is 52.4 Å². The second-order valence-electron chi connectivity index (χ2n) is 29.5. The van der Waals surface area contributed by atoms with Crippen LogP contribution in [0.5, 0.6) is 5.75 Å². The molecule has 0 radical (unpaired) electrons. The number of nitrogens with zero attached hydrogens (tertiary/aromatic N) is 7. The van der Waals surface area contributed by atoms with Gasteiger partial charge in [-0.3, -0.25) is 0 Å². The van der Waals surface area contributed by atoms with Crippen molar-refractivity contribution < 1.29 is 54.1 Å². The van der Waals surface area contributed by atoms with Gasteiger partial charge in [0.25, 0.3) is 0 Å². The largest absolute Gasteiger partial charge is 0.497 e. The van der Waals surface area contributed by atoms with Crippen LogP contribution in [0.4, 0.5) is 129 Å². The third-order valence-electron chi connectivity index (χ3n) is 20.2. The molecule has 0 aliphatic carbocycles. The summed E-state index contributed by atoms with van der Waals surface area (Å²) >= 11 is 0. The Kier molecular flexibility index (Phi) is 27.7. The molecule has 650 valence electrons. The molecule has 38 heteroatoms. The van der Waals surface area contributed by atoms with Crippen LogP contribution in [0.3, 0.4) is 0 Å². The molecule has 0 spiro atoms. The number of carbonyl (C=O) groups excluding carboxylic acids is 4. The van der Waals surface area contributed by atoms with Gasteiger partial charge in [-0.15, -0.1) is 0 Å². The molecule has 16 N–H and O–H groups in total. The number of methoxy groups -OCH3 is 1. The minimum absolute atomic E-state index is 0.104. The van der Waals surface area contributed by atoms with Crippen LogP contribution in [0.1, 0.15) is 56.9 Å². The zero-order valence-electron chi connectivity index (χ0n) is 67.9. The molecular weight excluding hydrogens is 1680 g/mol. The summed E-state index contributed by atoms with van der Waals surface area (Å²) < 4.78 is 124. The molecule has 12 aromatic rings. The summed E-state index contributed by atoms with van der Waals surface area (Å²) in [5.41, 5.74) is 7.81. The van der Waals surface area contributed by atoms with Crippen molar-refractivity contribution in [2.75, 3.05) is 126 Å². The van der Waals surface area contributed by atoms with Crippen LogP contribution >= 0.6 is 0 Å². The summed E-state index contributed by atoms with van der Waals surface area (Å²) in [5.74, 6) is 3.24. The molecule has 4 aliphatic rings. The number of benzene rings is 9. The van der Waals surface area contributed by atoms with Gasteiger partial charge in [-0.2, -0.15) is 28.1 Å². The number of urea groups is 4. The Bertz CT molecular complexity index is 6330. The van der Waals surface area contributed by atoms with Gasteiger partial charge in [0.2, 0.25) is 17.8 Å². The average Bonchev–Trinajstić information content (AvgIpc) is 1.28. The number of anilines is 16. The second kappa shape index (κ2) is 39.8. The molecule has 12 bridgehead atoms. The number of alkyl halides is 3. The highest BCUT2D eigenvalue weighted by atomic mass is 32.2. The van der Waals surface area contributed by atoms with Crippen LogP contribution in [0, 0.1) is 20.2 Å². The monoisotopic (exact) mass is 1770 g/mol. The summed E-state index contributed by atoms with van der Waals surface area (Å²) in [6, 6.07) is 56.3. The van der Waals surface area contributed by atoms with E-state index in [9.17, 15) is 45.0 Å². The van der Waals surface area contributed by atoms with Gasteiger partial charge >= 0.3 is 30.3 Å². The van der Waals surface area contributed by atoms with E-state index in [1.807, 2.05) is 84.9 Å². The molecule has 8 amide bonds. The Morgan fingerprint density at radius 1 is 0.405 bits per heavy atom. The van der Waals surface area contributed by atoms with E-state index in [2.05, 4.69) is 89.1 Å². The highest BCUT2D eigenvalue weighted by molar-refractivity contribution is 7.93. The normalized spacial score (nSPS) is 17.2. The number of rotatable bonds is 11. The Hall–Kier alpha value is -14.5. The number of nitrogens with one attached hydrogen (secondary N) is 16. The number of halogens is 4. The number of likely N-dealkylation sites (tertiary alicyclic amines) is 1. The van der Waals surface area contributed by atoms with Gasteiger partial charge in [-0.25, -0.2) is 65.5 Å². The number of aromatic nitrogens is 6. The maximum absolute atomic E-state index is 15.1. The van der Waals surface area contributed by atoms with Crippen molar-refractivity contribution in [3.05, 3.63) is 242 Å². The highest BCUT2D eigenvalue weighted by Crippen LogP contribution is 2.37. The van der Waals surface area contributed by atoms with Crippen molar-refractivity contribution in [1.82, 2.24) is 34.8 Å². The number of hydrogen-bond donors (Lipinski definition) is 16. The highest BCUT2D eigenvalue weighted by Gasteiger charge is 2.31. The maximum Gasteiger partial charge on any atom is 0.416 e. The lowest BCUT2D eigenvalue weighted by Crippen LogP contribution is -2.32. The molecule has 31 nitrogen and oxygen atoms in total. The molecule has 3 unspecified atom stereocenters. The van der Waals surface area contributed by atoms with Crippen LogP contribution in [0.25, 0.3) is 33.4 Å². The fourth-order valence-electron chi connectivity index (χ4n) is 13.7. The number of para-hydroxylation sites is 1. The number of hydrogen-bond acceptors (Lipinski definition) is 23. The third kappa shape index (κ3) is 23.6. The van der Waals surface area contributed by atoms with Crippen LogP contribution in [0.15, 0.2) is 246 Å². The Balaban J connectivity index is 0.000000154. The Labute approximate surface area is 724 Å². The summed E-state index contributed by atoms with van der Waals surface area (Å²) in [4.78, 5) is 80.4. The van der Waals surface area contributed by atoms with E-state index in [1.54, 1.807) is 115 Å². The van der Waals surface area contributed by atoms with E-state index in [-0.39, 0.29) is 46.9 Å². The summed E-state index contributed by atoms with van der Waals surface area (Å²) in [6.07, 6.45) is 6.13. The number of fused-ring (bicyclic) bond motifs is 12. The SMILES string of the molecule is COc1ccc(NC(=O)Nc2ccc(-c3cnc4nc3NCCCCS(=N)(=O)c3cccc(c3)N4)cc2)cc1.N=S1(=O)CCCCNc2nc(ncc2-c2ccc(NC(=O)Nc3cccc(C(F)(F)F)c3)c(F)c2)Nc2cccc1c2.N=S1(=O)CCCCNc2nc(ncc2-c2ccc(NC(=O)Nc3ccccc3)cc2)Nc2cc(NC(=O)N3CCCC3)cc1c2. The summed E-state index contributed by atoms with van der Waals surface area (Å²) in [7, 11) is -7.34. The van der Waals surface area contributed by atoms with E-state index in [4.69, 9.17) is 29.0 Å². The topological polar surface area (TPSA) is 437 Å². The molecule has 126 heavy (non-hydrogen) atoms. The first-order chi connectivity index (χ1) is 60.7. The van der Waals surface area contributed by atoms with Crippen LogP contribution in [-0.2, 0) is 35.4 Å². The molecule has 4 aliphatic heterocycles. The lowest BCUT2D eigenvalue weighted by molar-refractivity contribution is -0.137. The second-order valence-corrected chi connectivity index (χ2v) is 36.2. The number of amides is 8. The first-order valence-electron chi connectivity index (χ1n) is 40.2. The lowest BCUT2D eigenvalue weighted by Gasteiger charge is -2.18. The third-order valence-corrected chi connectivity index (χ3v) is 25.8. The molecule has 9 aromatic carbocycles. The lowest BCUT2D eigenvalue weighted by atomic mass is 10.1. The van der Waals surface area contributed by atoms with E-state index >= 15 is 4.39 Å². The maximum atomic E-state index is 15.1.